The highest BCUT2D eigenvalue weighted by Crippen LogP contribution is 2.18. The molecule has 2 rings (SSSR count). The van der Waals surface area contributed by atoms with Crippen molar-refractivity contribution in [3.63, 3.8) is 0 Å². The largest absolute Gasteiger partial charge is 0.353 e. The van der Waals surface area contributed by atoms with E-state index in [9.17, 15) is 9.59 Å². The van der Waals surface area contributed by atoms with Crippen molar-refractivity contribution in [1.29, 1.82) is 0 Å². The number of aromatic nitrogens is 1. The van der Waals surface area contributed by atoms with Gasteiger partial charge >= 0.3 is 0 Å². The number of hydrogen-bond acceptors (Lipinski definition) is 3. The van der Waals surface area contributed by atoms with Gasteiger partial charge in [0.15, 0.2) is 0 Å². The second-order valence-electron chi connectivity index (χ2n) is 4.89. The Morgan fingerprint density at radius 1 is 1.37 bits per heavy atom. The first-order valence-electron chi connectivity index (χ1n) is 6.59. The molecule has 1 aliphatic rings. The monoisotopic (exact) mass is 261 g/mol. The van der Waals surface area contributed by atoms with Crippen LogP contribution in [0, 0.1) is 0 Å². The maximum absolute atomic E-state index is 11.6. The van der Waals surface area contributed by atoms with E-state index >= 15 is 0 Å². The van der Waals surface area contributed by atoms with E-state index in [2.05, 4.69) is 10.3 Å². The van der Waals surface area contributed by atoms with Gasteiger partial charge < -0.3 is 10.2 Å². The molecule has 102 valence electrons. The Hall–Kier alpha value is -1.91. The van der Waals surface area contributed by atoms with Gasteiger partial charge in [0, 0.05) is 44.9 Å². The van der Waals surface area contributed by atoms with Crippen LogP contribution in [0.4, 0.5) is 0 Å². The lowest BCUT2D eigenvalue weighted by Gasteiger charge is -2.20. The smallest absolute Gasteiger partial charge is 0.221 e. The Morgan fingerprint density at radius 2 is 2.05 bits per heavy atom. The third kappa shape index (κ3) is 4.69. The van der Waals surface area contributed by atoms with E-state index in [1.165, 1.54) is 6.92 Å². The number of hydrogen-bond donors (Lipinski definition) is 1. The maximum atomic E-state index is 11.6. The molecule has 1 heterocycles. The fourth-order valence-electron chi connectivity index (χ4n) is 1.82. The lowest BCUT2D eigenvalue weighted by molar-refractivity contribution is -0.130. The van der Waals surface area contributed by atoms with Crippen molar-refractivity contribution in [3.8, 4) is 0 Å². The van der Waals surface area contributed by atoms with E-state index < -0.39 is 0 Å². The zero-order valence-corrected chi connectivity index (χ0v) is 11.1. The molecule has 1 aromatic rings. The minimum atomic E-state index is -0.0176. The van der Waals surface area contributed by atoms with Crippen molar-refractivity contribution in [3.05, 3.63) is 30.1 Å². The lowest BCUT2D eigenvalue weighted by atomic mass is 10.2. The van der Waals surface area contributed by atoms with Crippen LogP contribution < -0.4 is 5.32 Å². The molecule has 5 nitrogen and oxygen atoms in total. The van der Waals surface area contributed by atoms with Crippen molar-refractivity contribution in [1.82, 2.24) is 15.2 Å². The predicted octanol–water partition coefficient (Wildman–Crippen LogP) is 1.10. The molecule has 1 aromatic heterocycles. The predicted molar refractivity (Wildman–Crippen MR) is 71.1 cm³/mol. The minimum Gasteiger partial charge on any atom is -0.353 e. The number of pyridine rings is 1. The van der Waals surface area contributed by atoms with E-state index in [0.29, 0.717) is 25.6 Å². The highest BCUT2D eigenvalue weighted by molar-refractivity contribution is 5.78. The van der Waals surface area contributed by atoms with Crippen molar-refractivity contribution >= 4 is 11.8 Å². The molecule has 1 N–H and O–H groups in total. The number of nitrogens with zero attached hydrogens (tertiary/aromatic N) is 2. The molecule has 0 bridgehead atoms. The SMILES string of the molecule is CC(=O)N(CCC(=O)NC1CC1)Cc1ccncc1. The molecule has 0 spiro atoms. The molecule has 0 unspecified atom stereocenters. The maximum Gasteiger partial charge on any atom is 0.221 e. The summed E-state index contributed by atoms with van der Waals surface area (Å²) in [5.74, 6) is 0.0134. The standard InChI is InChI=1S/C14H19N3O2/c1-11(18)17(10-12-4-7-15-8-5-12)9-6-14(19)16-13-2-3-13/h4-5,7-8,13H,2-3,6,9-10H2,1H3,(H,16,19). The molecule has 1 fully saturated rings. The van der Waals surface area contributed by atoms with Crippen LogP contribution in [0.1, 0.15) is 31.7 Å². The molecular weight excluding hydrogens is 242 g/mol. The Balaban J connectivity index is 1.82. The van der Waals surface area contributed by atoms with E-state index in [1.54, 1.807) is 17.3 Å². The van der Waals surface area contributed by atoms with E-state index in [0.717, 1.165) is 18.4 Å². The normalized spacial score (nSPS) is 13.9. The van der Waals surface area contributed by atoms with Crippen molar-refractivity contribution in [2.75, 3.05) is 6.54 Å². The summed E-state index contributed by atoms with van der Waals surface area (Å²) in [7, 11) is 0. The summed E-state index contributed by atoms with van der Waals surface area (Å²) in [4.78, 5) is 28.8. The Morgan fingerprint density at radius 3 is 2.63 bits per heavy atom. The van der Waals surface area contributed by atoms with Crippen molar-refractivity contribution in [2.45, 2.75) is 38.8 Å². The quantitative estimate of drug-likeness (QED) is 0.834. The van der Waals surface area contributed by atoms with Crippen LogP contribution >= 0.6 is 0 Å². The molecule has 0 aromatic carbocycles. The molecule has 2 amide bonds. The summed E-state index contributed by atoms with van der Waals surface area (Å²) in [5, 5.41) is 2.93. The van der Waals surface area contributed by atoms with Gasteiger partial charge in [-0.15, -0.1) is 0 Å². The average Bonchev–Trinajstić information content (AvgIpc) is 3.19. The molecule has 0 radical (unpaired) electrons. The summed E-state index contributed by atoms with van der Waals surface area (Å²) < 4.78 is 0. The highest BCUT2D eigenvalue weighted by atomic mass is 16.2. The molecule has 1 aliphatic carbocycles. The average molecular weight is 261 g/mol. The first kappa shape index (κ1) is 13.5. The van der Waals surface area contributed by atoms with E-state index in [4.69, 9.17) is 0 Å². The molecule has 0 saturated heterocycles. The zero-order chi connectivity index (χ0) is 13.7. The van der Waals surface area contributed by atoms with Gasteiger partial charge in [0.2, 0.25) is 11.8 Å². The van der Waals surface area contributed by atoms with Gasteiger partial charge in [0.1, 0.15) is 0 Å². The topological polar surface area (TPSA) is 62.3 Å². The third-order valence-corrected chi connectivity index (χ3v) is 3.12. The van der Waals surface area contributed by atoms with Crippen LogP contribution in [0.25, 0.3) is 0 Å². The summed E-state index contributed by atoms with van der Waals surface area (Å²) in [6.45, 7) is 2.50. The summed E-state index contributed by atoms with van der Waals surface area (Å²) in [6.07, 6.45) is 5.93. The van der Waals surface area contributed by atoms with Crippen LogP contribution in [0.15, 0.2) is 24.5 Å². The van der Waals surface area contributed by atoms with Gasteiger partial charge in [-0.3, -0.25) is 14.6 Å². The van der Waals surface area contributed by atoms with Gasteiger partial charge in [-0.25, -0.2) is 0 Å². The number of nitrogens with one attached hydrogen (secondary N) is 1. The molecule has 0 aliphatic heterocycles. The minimum absolute atomic E-state index is 0.0176. The molecular formula is C14H19N3O2. The second kappa shape index (κ2) is 6.31. The summed E-state index contributed by atoms with van der Waals surface area (Å²) in [6, 6.07) is 4.12. The van der Waals surface area contributed by atoms with Gasteiger partial charge in [0.25, 0.3) is 0 Å². The van der Waals surface area contributed by atoms with E-state index in [-0.39, 0.29) is 11.8 Å². The Labute approximate surface area is 113 Å². The van der Waals surface area contributed by atoms with E-state index in [1.807, 2.05) is 12.1 Å². The van der Waals surface area contributed by atoms with Gasteiger partial charge in [-0.05, 0) is 30.5 Å². The summed E-state index contributed by atoms with van der Waals surface area (Å²) in [5.41, 5.74) is 1.02. The second-order valence-corrected chi connectivity index (χ2v) is 4.89. The third-order valence-electron chi connectivity index (χ3n) is 3.12. The number of carbonyl (C=O) groups excluding carboxylic acids is 2. The molecule has 19 heavy (non-hydrogen) atoms. The molecule has 0 atom stereocenters. The van der Waals surface area contributed by atoms with Gasteiger partial charge in [-0.2, -0.15) is 0 Å². The molecule has 5 heteroatoms. The summed E-state index contributed by atoms with van der Waals surface area (Å²) >= 11 is 0. The highest BCUT2D eigenvalue weighted by Gasteiger charge is 2.23. The Kier molecular flexibility index (Phi) is 4.49. The van der Waals surface area contributed by atoms with Crippen LogP contribution in [-0.2, 0) is 16.1 Å². The van der Waals surface area contributed by atoms with Crippen LogP contribution in [-0.4, -0.2) is 34.3 Å². The van der Waals surface area contributed by atoms with Crippen molar-refractivity contribution in [2.24, 2.45) is 0 Å². The fourth-order valence-corrected chi connectivity index (χ4v) is 1.82. The van der Waals surface area contributed by atoms with Crippen molar-refractivity contribution < 1.29 is 9.59 Å². The fraction of sp³-hybridized carbons (Fsp3) is 0.500. The Bertz CT molecular complexity index is 443. The van der Waals surface area contributed by atoms with Crippen LogP contribution in [0.2, 0.25) is 0 Å². The first-order chi connectivity index (χ1) is 9.15. The van der Waals surface area contributed by atoms with Gasteiger partial charge in [0.05, 0.1) is 0 Å². The first-order valence-corrected chi connectivity index (χ1v) is 6.59. The number of amides is 2. The lowest BCUT2D eigenvalue weighted by Crippen LogP contribution is -2.34. The van der Waals surface area contributed by atoms with Crippen LogP contribution in [0.3, 0.4) is 0 Å². The number of rotatable bonds is 6. The van der Waals surface area contributed by atoms with Crippen LogP contribution in [0.5, 0.6) is 0 Å². The van der Waals surface area contributed by atoms with Gasteiger partial charge in [-0.1, -0.05) is 0 Å². The zero-order valence-electron chi connectivity index (χ0n) is 11.1. The molecule has 1 saturated carbocycles. The number of carbonyl (C=O) groups is 2.